The number of carbonyl (C=O) groups excluding carboxylic acids is 1. The number of aromatic nitrogens is 2. The first-order valence-corrected chi connectivity index (χ1v) is 5.32. The van der Waals surface area contributed by atoms with Crippen LogP contribution in [0.1, 0.15) is 18.5 Å². The van der Waals surface area contributed by atoms with Crippen LogP contribution < -0.4 is 5.32 Å². The smallest absolute Gasteiger partial charge is 0.210 e. The van der Waals surface area contributed by atoms with Crippen molar-refractivity contribution in [1.82, 2.24) is 20.2 Å². The van der Waals surface area contributed by atoms with Gasteiger partial charge >= 0.3 is 0 Å². The number of imidazole rings is 1. The molecule has 1 fully saturated rings. The Morgan fingerprint density at radius 3 is 3.20 bits per heavy atom. The van der Waals surface area contributed by atoms with Crippen molar-refractivity contribution in [2.75, 3.05) is 13.1 Å². The largest absolute Gasteiger partial charge is 0.348 e. The van der Waals surface area contributed by atoms with Crippen LogP contribution in [-0.4, -0.2) is 40.5 Å². The summed E-state index contributed by atoms with van der Waals surface area (Å²) >= 11 is 0. The number of hydrogen-bond donors (Lipinski definition) is 2. The quantitative estimate of drug-likeness (QED) is 0.676. The average Bonchev–Trinajstić information content (AvgIpc) is 2.90. The van der Waals surface area contributed by atoms with Crippen LogP contribution in [0.2, 0.25) is 0 Å². The van der Waals surface area contributed by atoms with Gasteiger partial charge in [0.15, 0.2) is 0 Å². The second-order valence-corrected chi connectivity index (χ2v) is 3.78. The van der Waals surface area contributed by atoms with E-state index in [1.54, 1.807) is 12.5 Å². The molecule has 2 heterocycles. The zero-order valence-corrected chi connectivity index (χ0v) is 8.65. The summed E-state index contributed by atoms with van der Waals surface area (Å²) in [5, 5.41) is 3.31. The number of amides is 1. The number of rotatable bonds is 5. The van der Waals surface area contributed by atoms with Crippen molar-refractivity contribution in [2.24, 2.45) is 0 Å². The number of nitrogens with zero attached hydrogens (tertiary/aromatic N) is 2. The highest BCUT2D eigenvalue weighted by atomic mass is 16.1. The zero-order valence-electron chi connectivity index (χ0n) is 8.65. The molecule has 2 N–H and O–H groups in total. The predicted octanol–water partition coefficient (Wildman–Crippen LogP) is 0.120. The standard InChI is InChI=1S/C10H16N4O/c15-8-14(10-2-1-4-12-10)5-3-9-6-11-7-13-9/h6-8,10,12H,1-5H2,(H,11,13). The molecule has 0 spiro atoms. The molecule has 0 aromatic carbocycles. The molecule has 1 aliphatic heterocycles. The maximum atomic E-state index is 10.9. The highest BCUT2D eigenvalue weighted by Gasteiger charge is 2.20. The number of aromatic amines is 1. The minimum atomic E-state index is 0.227. The van der Waals surface area contributed by atoms with E-state index >= 15 is 0 Å². The molecule has 1 amide bonds. The van der Waals surface area contributed by atoms with Crippen LogP contribution in [-0.2, 0) is 11.2 Å². The van der Waals surface area contributed by atoms with Gasteiger partial charge in [-0.25, -0.2) is 4.98 Å². The van der Waals surface area contributed by atoms with Crippen molar-refractivity contribution >= 4 is 6.41 Å². The summed E-state index contributed by atoms with van der Waals surface area (Å²) in [6.07, 6.45) is 7.65. The normalized spacial score (nSPS) is 20.4. The summed E-state index contributed by atoms with van der Waals surface area (Å²) in [6, 6.07) is 0. The molecule has 15 heavy (non-hydrogen) atoms. The molecule has 1 aliphatic rings. The molecule has 1 saturated heterocycles. The van der Waals surface area contributed by atoms with Gasteiger partial charge in [0, 0.05) is 24.9 Å². The maximum absolute atomic E-state index is 10.9. The molecule has 2 rings (SSSR count). The minimum absolute atomic E-state index is 0.227. The summed E-state index contributed by atoms with van der Waals surface area (Å²) in [5.74, 6) is 0. The summed E-state index contributed by atoms with van der Waals surface area (Å²) in [7, 11) is 0. The SMILES string of the molecule is O=CN(CCc1cnc[nH]1)C1CCCN1. The topological polar surface area (TPSA) is 61.0 Å². The van der Waals surface area contributed by atoms with Crippen LogP contribution in [0.3, 0.4) is 0 Å². The molecule has 1 unspecified atom stereocenters. The lowest BCUT2D eigenvalue weighted by molar-refractivity contribution is -0.120. The fourth-order valence-corrected chi connectivity index (χ4v) is 1.90. The second-order valence-electron chi connectivity index (χ2n) is 3.78. The number of H-pyrrole nitrogens is 1. The van der Waals surface area contributed by atoms with Crippen molar-refractivity contribution < 1.29 is 4.79 Å². The molecular formula is C10H16N4O. The Morgan fingerprint density at radius 2 is 2.60 bits per heavy atom. The number of carbonyl (C=O) groups is 1. The Bertz CT molecular complexity index is 292. The van der Waals surface area contributed by atoms with Crippen molar-refractivity contribution in [3.63, 3.8) is 0 Å². The molecular weight excluding hydrogens is 192 g/mol. The molecule has 82 valence electrons. The Balaban J connectivity index is 1.82. The first kappa shape index (κ1) is 10.2. The third-order valence-corrected chi connectivity index (χ3v) is 2.76. The van der Waals surface area contributed by atoms with Crippen LogP contribution in [0.15, 0.2) is 12.5 Å². The second kappa shape index (κ2) is 4.93. The maximum Gasteiger partial charge on any atom is 0.210 e. The molecule has 0 bridgehead atoms. The fourth-order valence-electron chi connectivity index (χ4n) is 1.90. The molecule has 5 nitrogen and oxygen atoms in total. The summed E-state index contributed by atoms with van der Waals surface area (Å²) < 4.78 is 0. The Kier molecular flexibility index (Phi) is 3.34. The third kappa shape index (κ3) is 2.56. The van der Waals surface area contributed by atoms with E-state index in [4.69, 9.17) is 0 Å². The fraction of sp³-hybridized carbons (Fsp3) is 0.600. The van der Waals surface area contributed by atoms with Crippen LogP contribution in [0.4, 0.5) is 0 Å². The van der Waals surface area contributed by atoms with Crippen molar-refractivity contribution in [1.29, 1.82) is 0 Å². The molecule has 0 saturated carbocycles. The van der Waals surface area contributed by atoms with Gasteiger partial charge in [-0.05, 0) is 19.4 Å². The first-order valence-electron chi connectivity index (χ1n) is 5.32. The van der Waals surface area contributed by atoms with Gasteiger partial charge in [0.1, 0.15) is 0 Å². The van der Waals surface area contributed by atoms with Gasteiger partial charge in [0.25, 0.3) is 0 Å². The number of hydrogen-bond acceptors (Lipinski definition) is 3. The van der Waals surface area contributed by atoms with E-state index in [1.807, 2.05) is 4.90 Å². The Morgan fingerprint density at radius 1 is 1.67 bits per heavy atom. The van der Waals surface area contributed by atoms with Gasteiger partial charge in [-0.3, -0.25) is 10.1 Å². The minimum Gasteiger partial charge on any atom is -0.348 e. The van der Waals surface area contributed by atoms with Gasteiger partial charge in [0.2, 0.25) is 6.41 Å². The number of nitrogens with one attached hydrogen (secondary N) is 2. The summed E-state index contributed by atoms with van der Waals surface area (Å²) in [4.78, 5) is 19.7. The zero-order chi connectivity index (χ0) is 10.5. The van der Waals surface area contributed by atoms with E-state index in [2.05, 4.69) is 15.3 Å². The van der Waals surface area contributed by atoms with Gasteiger partial charge < -0.3 is 9.88 Å². The van der Waals surface area contributed by atoms with Gasteiger partial charge in [-0.1, -0.05) is 0 Å². The molecule has 0 aliphatic carbocycles. The third-order valence-electron chi connectivity index (χ3n) is 2.76. The predicted molar refractivity (Wildman–Crippen MR) is 56.1 cm³/mol. The summed E-state index contributed by atoms with van der Waals surface area (Å²) in [5.41, 5.74) is 1.07. The van der Waals surface area contributed by atoms with E-state index < -0.39 is 0 Å². The van der Waals surface area contributed by atoms with E-state index in [0.29, 0.717) is 0 Å². The van der Waals surface area contributed by atoms with Gasteiger partial charge in [-0.2, -0.15) is 0 Å². The molecule has 1 aromatic rings. The molecule has 1 atom stereocenters. The van der Waals surface area contributed by atoms with Gasteiger partial charge in [0.05, 0.1) is 12.5 Å². The Labute approximate surface area is 88.9 Å². The average molecular weight is 208 g/mol. The van der Waals surface area contributed by atoms with E-state index in [1.165, 1.54) is 0 Å². The molecule has 1 aromatic heterocycles. The van der Waals surface area contributed by atoms with Crippen LogP contribution in [0.25, 0.3) is 0 Å². The van der Waals surface area contributed by atoms with Crippen molar-refractivity contribution in [3.05, 3.63) is 18.2 Å². The lowest BCUT2D eigenvalue weighted by Gasteiger charge is -2.24. The highest BCUT2D eigenvalue weighted by molar-refractivity contribution is 5.47. The van der Waals surface area contributed by atoms with Crippen LogP contribution in [0.5, 0.6) is 0 Å². The van der Waals surface area contributed by atoms with Crippen LogP contribution >= 0.6 is 0 Å². The van der Waals surface area contributed by atoms with E-state index in [0.717, 1.165) is 44.5 Å². The molecule has 5 heteroatoms. The summed E-state index contributed by atoms with van der Waals surface area (Å²) in [6.45, 7) is 1.75. The van der Waals surface area contributed by atoms with Crippen molar-refractivity contribution in [2.45, 2.75) is 25.4 Å². The Hall–Kier alpha value is -1.36. The lowest BCUT2D eigenvalue weighted by atomic mass is 10.2. The highest BCUT2D eigenvalue weighted by Crippen LogP contribution is 2.09. The van der Waals surface area contributed by atoms with E-state index in [9.17, 15) is 4.79 Å². The first-order chi connectivity index (χ1) is 7.40. The van der Waals surface area contributed by atoms with Crippen LogP contribution in [0, 0.1) is 0 Å². The van der Waals surface area contributed by atoms with Crippen molar-refractivity contribution in [3.8, 4) is 0 Å². The monoisotopic (exact) mass is 208 g/mol. The molecule has 0 radical (unpaired) electrons. The van der Waals surface area contributed by atoms with Gasteiger partial charge in [-0.15, -0.1) is 0 Å². The van der Waals surface area contributed by atoms with E-state index in [-0.39, 0.29) is 6.17 Å². The lowest BCUT2D eigenvalue weighted by Crippen LogP contribution is -2.42.